The van der Waals surface area contributed by atoms with Crippen LogP contribution in [0.1, 0.15) is 0 Å². The van der Waals surface area contributed by atoms with Gasteiger partial charge in [-0.2, -0.15) is 0 Å². The minimum atomic E-state index is 0.687. The van der Waals surface area contributed by atoms with Gasteiger partial charge in [0.1, 0.15) is 0 Å². The third-order valence-electron chi connectivity index (χ3n) is 11.0. The molecule has 4 aromatic heterocycles. The van der Waals surface area contributed by atoms with Crippen molar-refractivity contribution >= 4 is 43.6 Å². The zero-order valence-electron chi connectivity index (χ0n) is 30.3. The largest absolute Gasteiger partial charge is 0.355 e. The third kappa shape index (κ3) is 5.37. The van der Waals surface area contributed by atoms with E-state index in [0.717, 1.165) is 66.8 Å². The number of aromatic nitrogens is 5. The molecule has 5 nitrogen and oxygen atoms in total. The summed E-state index contributed by atoms with van der Waals surface area (Å²) < 4.78 is 0. The average Bonchev–Trinajstić information content (AvgIpc) is 3.85. The fourth-order valence-corrected chi connectivity index (χ4v) is 8.24. The lowest BCUT2D eigenvalue weighted by molar-refractivity contribution is -0.377. The molecule has 0 aliphatic heterocycles. The summed E-state index contributed by atoms with van der Waals surface area (Å²) in [7, 11) is 0. The molecule has 3 N–H and O–H groups in total. The van der Waals surface area contributed by atoms with Gasteiger partial charge in [0.2, 0.25) is 0 Å². The van der Waals surface area contributed by atoms with E-state index in [1.165, 1.54) is 38.2 Å². The van der Waals surface area contributed by atoms with Crippen molar-refractivity contribution in [1.29, 1.82) is 0 Å². The molecule has 11 aromatic rings. The molecular formula is C51H34N5+. The number of rotatable bonds is 6. The predicted octanol–water partition coefficient (Wildman–Crippen LogP) is 12.6. The highest BCUT2D eigenvalue weighted by molar-refractivity contribution is 6.19. The van der Waals surface area contributed by atoms with Gasteiger partial charge in [-0.05, 0) is 58.7 Å². The summed E-state index contributed by atoms with van der Waals surface area (Å²) >= 11 is 0. The first kappa shape index (κ1) is 31.9. The fourth-order valence-electron chi connectivity index (χ4n) is 8.24. The minimum Gasteiger partial charge on any atom is -0.355 e. The van der Waals surface area contributed by atoms with Gasteiger partial charge in [-0.1, -0.05) is 133 Å². The van der Waals surface area contributed by atoms with Gasteiger partial charge in [0.25, 0.3) is 0 Å². The summed E-state index contributed by atoms with van der Waals surface area (Å²) in [4.78, 5) is 21.0. The first-order valence-electron chi connectivity index (χ1n) is 18.9. The summed E-state index contributed by atoms with van der Waals surface area (Å²) in [5.74, 6) is 0.687. The molecule has 0 aliphatic carbocycles. The Morgan fingerprint density at radius 2 is 0.982 bits per heavy atom. The van der Waals surface area contributed by atoms with Gasteiger partial charge in [0, 0.05) is 72.0 Å². The summed E-state index contributed by atoms with van der Waals surface area (Å²) in [6.45, 7) is 0. The highest BCUT2D eigenvalue weighted by Crippen LogP contribution is 2.42. The van der Waals surface area contributed by atoms with E-state index in [2.05, 4.69) is 179 Å². The van der Waals surface area contributed by atoms with Crippen LogP contribution in [0, 0.1) is 0 Å². The lowest BCUT2D eigenvalue weighted by Gasteiger charge is -2.13. The summed E-state index contributed by atoms with van der Waals surface area (Å²) in [6.07, 6.45) is 3.93. The number of aromatic amines is 3. The Hall–Kier alpha value is -7.63. The molecule has 0 radical (unpaired) electrons. The van der Waals surface area contributed by atoms with E-state index in [1.807, 2.05) is 24.5 Å². The van der Waals surface area contributed by atoms with Gasteiger partial charge >= 0.3 is 0 Å². The van der Waals surface area contributed by atoms with Crippen molar-refractivity contribution in [2.45, 2.75) is 0 Å². The number of pyridine rings is 1. The van der Waals surface area contributed by atoms with Crippen molar-refractivity contribution in [3.63, 3.8) is 0 Å². The Morgan fingerprint density at radius 3 is 1.77 bits per heavy atom. The second-order valence-corrected chi connectivity index (χ2v) is 14.3. The average molecular weight is 717 g/mol. The maximum Gasteiger partial charge on any atom is 0.174 e. The third-order valence-corrected chi connectivity index (χ3v) is 11.0. The topological polar surface area (TPSA) is 71.5 Å². The molecule has 0 saturated heterocycles. The maximum absolute atomic E-state index is 5.22. The number of hydrogen-bond donors (Lipinski definition) is 2. The molecule has 4 heterocycles. The summed E-state index contributed by atoms with van der Waals surface area (Å²) in [5, 5.41) is 4.89. The normalized spacial score (nSPS) is 11.6. The number of nitrogens with zero attached hydrogens (tertiary/aromatic N) is 2. The highest BCUT2D eigenvalue weighted by atomic mass is 14.9. The SMILES string of the molecule is c1ccc(-c2cc(-c3ccc(-c4ccc(-c5ccc6[nH]c7ccccc7c6c5)c5[nH]c6ccccc6c45)cc3)nc(-c3ccccc3-c3ccc[nH+]c3)n2)cc1. The number of fused-ring (bicyclic) bond motifs is 6. The van der Waals surface area contributed by atoms with Gasteiger partial charge in [-0.25, -0.2) is 15.0 Å². The molecule has 0 amide bonds. The van der Waals surface area contributed by atoms with Crippen LogP contribution in [-0.2, 0) is 0 Å². The van der Waals surface area contributed by atoms with E-state index >= 15 is 0 Å². The highest BCUT2D eigenvalue weighted by Gasteiger charge is 2.18. The number of benzene rings is 7. The Kier molecular flexibility index (Phi) is 7.42. The molecule has 0 aliphatic rings. The molecule has 0 spiro atoms. The molecular weight excluding hydrogens is 683 g/mol. The minimum absolute atomic E-state index is 0.687. The smallest absolute Gasteiger partial charge is 0.174 e. The van der Waals surface area contributed by atoms with E-state index in [9.17, 15) is 0 Å². The number of para-hydroxylation sites is 2. The molecule has 0 saturated carbocycles. The van der Waals surface area contributed by atoms with Crippen LogP contribution in [0.25, 0.3) is 111 Å². The quantitative estimate of drug-likeness (QED) is 0.180. The lowest BCUT2D eigenvalue weighted by atomic mass is 9.93. The van der Waals surface area contributed by atoms with Crippen LogP contribution >= 0.6 is 0 Å². The standard InChI is InChI=1S/C51H33N5/c1-2-11-33(12-3-1)47-30-48(56-51(55-47)41-16-5-4-14-37(41)36-13-10-28-52-31-36)34-22-20-32(21-23-34)38-25-26-39(50-49(38)42-17-7-9-19-45(42)54-50)35-24-27-46-43(29-35)40-15-6-8-18-44(40)53-46/h1-31,53-54H/p+1. The second kappa shape index (κ2) is 13.0. The maximum atomic E-state index is 5.22. The predicted molar refractivity (Wildman–Crippen MR) is 230 cm³/mol. The van der Waals surface area contributed by atoms with Crippen molar-refractivity contribution in [1.82, 2.24) is 19.9 Å². The van der Waals surface area contributed by atoms with Gasteiger partial charge in [0.05, 0.1) is 16.9 Å². The van der Waals surface area contributed by atoms with Crippen molar-refractivity contribution in [2.24, 2.45) is 0 Å². The lowest BCUT2D eigenvalue weighted by Crippen LogP contribution is -2.00. The molecule has 56 heavy (non-hydrogen) atoms. The van der Waals surface area contributed by atoms with Crippen LogP contribution in [-0.4, -0.2) is 19.9 Å². The van der Waals surface area contributed by atoms with Gasteiger partial charge < -0.3 is 9.97 Å². The Balaban J connectivity index is 1.04. The number of nitrogens with one attached hydrogen (secondary N) is 3. The summed E-state index contributed by atoms with van der Waals surface area (Å²) in [5.41, 5.74) is 16.2. The van der Waals surface area contributed by atoms with Crippen LogP contribution < -0.4 is 4.98 Å². The van der Waals surface area contributed by atoms with Crippen molar-refractivity contribution in [3.05, 3.63) is 188 Å². The van der Waals surface area contributed by atoms with Gasteiger partial charge in [-0.15, -0.1) is 0 Å². The molecule has 11 rings (SSSR count). The van der Waals surface area contributed by atoms with E-state index < -0.39 is 0 Å². The summed E-state index contributed by atoms with van der Waals surface area (Å²) in [6, 6.07) is 62.1. The van der Waals surface area contributed by atoms with E-state index in [1.54, 1.807) is 0 Å². The van der Waals surface area contributed by atoms with Crippen molar-refractivity contribution in [3.8, 4) is 67.3 Å². The van der Waals surface area contributed by atoms with E-state index in [0.29, 0.717) is 5.82 Å². The van der Waals surface area contributed by atoms with Crippen molar-refractivity contribution < 1.29 is 4.98 Å². The first-order chi connectivity index (χ1) is 27.7. The monoisotopic (exact) mass is 716 g/mol. The Labute approximate surface area is 323 Å². The first-order valence-corrected chi connectivity index (χ1v) is 18.9. The fraction of sp³-hybridized carbons (Fsp3) is 0. The molecule has 7 aromatic carbocycles. The Morgan fingerprint density at radius 1 is 0.375 bits per heavy atom. The Bertz CT molecular complexity index is 3230. The van der Waals surface area contributed by atoms with Gasteiger partial charge in [0.15, 0.2) is 18.2 Å². The second-order valence-electron chi connectivity index (χ2n) is 14.3. The number of H-pyrrole nitrogens is 3. The van der Waals surface area contributed by atoms with Crippen LogP contribution in [0.5, 0.6) is 0 Å². The molecule has 262 valence electrons. The van der Waals surface area contributed by atoms with Crippen LogP contribution in [0.15, 0.2) is 188 Å². The molecule has 0 bridgehead atoms. The van der Waals surface area contributed by atoms with Crippen molar-refractivity contribution in [2.75, 3.05) is 0 Å². The molecule has 0 unspecified atom stereocenters. The molecule has 0 fully saturated rings. The van der Waals surface area contributed by atoms with Crippen LogP contribution in [0.2, 0.25) is 0 Å². The molecule has 0 atom stereocenters. The van der Waals surface area contributed by atoms with Crippen LogP contribution in [0.4, 0.5) is 0 Å². The van der Waals surface area contributed by atoms with E-state index in [-0.39, 0.29) is 0 Å². The van der Waals surface area contributed by atoms with E-state index in [4.69, 9.17) is 9.97 Å². The van der Waals surface area contributed by atoms with Crippen LogP contribution in [0.3, 0.4) is 0 Å². The number of hydrogen-bond acceptors (Lipinski definition) is 2. The zero-order chi connectivity index (χ0) is 37.0. The zero-order valence-corrected chi connectivity index (χ0v) is 30.3. The molecule has 5 heteroatoms. The van der Waals surface area contributed by atoms with Gasteiger partial charge in [-0.3, -0.25) is 0 Å².